The molecule has 0 aliphatic heterocycles. The van der Waals surface area contributed by atoms with Gasteiger partial charge in [-0.05, 0) is 18.2 Å². The summed E-state index contributed by atoms with van der Waals surface area (Å²) >= 11 is 0. The lowest BCUT2D eigenvalue weighted by molar-refractivity contribution is 0.894. The van der Waals surface area contributed by atoms with Gasteiger partial charge < -0.3 is 0 Å². The first-order valence-corrected chi connectivity index (χ1v) is 5.03. The topological polar surface area (TPSA) is 67.4 Å². The SMILES string of the molecule is N#Cc1cccc(-n2ncc3cncnc32)c1. The summed E-state index contributed by atoms with van der Waals surface area (Å²) in [5.74, 6) is 0. The first-order chi connectivity index (χ1) is 8.38. The normalized spacial score (nSPS) is 10.3. The summed E-state index contributed by atoms with van der Waals surface area (Å²) in [5, 5.41) is 14.0. The zero-order chi connectivity index (χ0) is 11.7. The molecule has 0 saturated heterocycles. The quantitative estimate of drug-likeness (QED) is 0.627. The van der Waals surface area contributed by atoms with E-state index in [0.717, 1.165) is 16.7 Å². The molecule has 17 heavy (non-hydrogen) atoms. The number of fused-ring (bicyclic) bond motifs is 1. The summed E-state index contributed by atoms with van der Waals surface area (Å²) < 4.78 is 1.69. The second kappa shape index (κ2) is 3.68. The van der Waals surface area contributed by atoms with Gasteiger partial charge in [-0.2, -0.15) is 10.4 Å². The van der Waals surface area contributed by atoms with Crippen molar-refractivity contribution >= 4 is 11.0 Å². The monoisotopic (exact) mass is 221 g/mol. The molecule has 5 heteroatoms. The van der Waals surface area contributed by atoms with Crippen LogP contribution in [0.5, 0.6) is 0 Å². The Morgan fingerprint density at radius 1 is 1.24 bits per heavy atom. The van der Waals surface area contributed by atoms with Gasteiger partial charge >= 0.3 is 0 Å². The van der Waals surface area contributed by atoms with E-state index in [1.54, 1.807) is 29.2 Å². The highest BCUT2D eigenvalue weighted by atomic mass is 15.3. The minimum atomic E-state index is 0.597. The van der Waals surface area contributed by atoms with Crippen molar-refractivity contribution in [3.05, 3.63) is 48.5 Å². The van der Waals surface area contributed by atoms with Crippen molar-refractivity contribution in [1.82, 2.24) is 19.7 Å². The Morgan fingerprint density at radius 2 is 2.18 bits per heavy atom. The Morgan fingerprint density at radius 3 is 3.06 bits per heavy atom. The highest BCUT2D eigenvalue weighted by Gasteiger charge is 2.05. The van der Waals surface area contributed by atoms with Crippen molar-refractivity contribution in [3.63, 3.8) is 0 Å². The van der Waals surface area contributed by atoms with Gasteiger partial charge in [-0.15, -0.1) is 0 Å². The third-order valence-electron chi connectivity index (χ3n) is 2.45. The summed E-state index contributed by atoms with van der Waals surface area (Å²) in [4.78, 5) is 8.12. The maximum Gasteiger partial charge on any atom is 0.166 e. The number of nitrogens with zero attached hydrogens (tertiary/aromatic N) is 5. The Hall–Kier alpha value is -2.74. The fourth-order valence-corrected chi connectivity index (χ4v) is 1.67. The van der Waals surface area contributed by atoms with Crippen LogP contribution in [0.15, 0.2) is 43.0 Å². The molecule has 80 valence electrons. The van der Waals surface area contributed by atoms with Crippen LogP contribution in [0, 0.1) is 11.3 Å². The van der Waals surface area contributed by atoms with Gasteiger partial charge in [0.25, 0.3) is 0 Å². The van der Waals surface area contributed by atoms with Gasteiger partial charge in [-0.3, -0.25) is 0 Å². The average molecular weight is 221 g/mol. The summed E-state index contributed by atoms with van der Waals surface area (Å²) in [7, 11) is 0. The average Bonchev–Trinajstić information content (AvgIpc) is 2.82. The summed E-state index contributed by atoms with van der Waals surface area (Å²) in [6.45, 7) is 0. The Labute approximate surface area is 97.0 Å². The zero-order valence-electron chi connectivity index (χ0n) is 8.78. The van der Waals surface area contributed by atoms with E-state index in [9.17, 15) is 0 Å². The molecular formula is C12H7N5. The molecule has 2 heterocycles. The number of hydrogen-bond donors (Lipinski definition) is 0. The standard InChI is InChI=1S/C12H7N5/c13-5-9-2-1-3-11(4-9)17-12-10(7-16-17)6-14-8-15-12/h1-4,6-8H. The van der Waals surface area contributed by atoms with Crippen LogP contribution in [0.25, 0.3) is 16.7 Å². The molecule has 1 aromatic carbocycles. The predicted molar refractivity (Wildman–Crippen MR) is 61.4 cm³/mol. The molecule has 3 aromatic rings. The van der Waals surface area contributed by atoms with Crippen LogP contribution in [-0.4, -0.2) is 19.7 Å². The molecule has 3 rings (SSSR count). The number of benzene rings is 1. The van der Waals surface area contributed by atoms with E-state index >= 15 is 0 Å². The largest absolute Gasteiger partial charge is 0.244 e. The van der Waals surface area contributed by atoms with Gasteiger partial charge in [0.05, 0.1) is 28.9 Å². The summed E-state index contributed by atoms with van der Waals surface area (Å²) in [6.07, 6.45) is 4.89. The van der Waals surface area contributed by atoms with Crippen molar-refractivity contribution < 1.29 is 0 Å². The van der Waals surface area contributed by atoms with Gasteiger partial charge in [0.15, 0.2) is 5.65 Å². The maximum absolute atomic E-state index is 8.87. The molecule has 2 aromatic heterocycles. The third kappa shape index (κ3) is 1.52. The van der Waals surface area contributed by atoms with Crippen LogP contribution >= 0.6 is 0 Å². The van der Waals surface area contributed by atoms with Crippen molar-refractivity contribution in [1.29, 1.82) is 5.26 Å². The molecule has 0 unspecified atom stereocenters. The van der Waals surface area contributed by atoms with Gasteiger partial charge in [-0.1, -0.05) is 6.07 Å². The van der Waals surface area contributed by atoms with E-state index in [1.807, 2.05) is 12.1 Å². The van der Waals surface area contributed by atoms with Crippen LogP contribution in [0.1, 0.15) is 5.56 Å². The summed E-state index contributed by atoms with van der Waals surface area (Å²) in [5.41, 5.74) is 2.15. The summed E-state index contributed by atoms with van der Waals surface area (Å²) in [6, 6.07) is 9.34. The Kier molecular flexibility index (Phi) is 2.06. The number of nitriles is 1. The number of rotatable bonds is 1. The lowest BCUT2D eigenvalue weighted by atomic mass is 10.2. The molecule has 0 amide bonds. The van der Waals surface area contributed by atoms with Crippen LogP contribution in [0.3, 0.4) is 0 Å². The first kappa shape index (κ1) is 9.48. The third-order valence-corrected chi connectivity index (χ3v) is 2.45. The van der Waals surface area contributed by atoms with Crippen LogP contribution in [-0.2, 0) is 0 Å². The molecule has 0 fully saturated rings. The van der Waals surface area contributed by atoms with Crippen molar-refractivity contribution in [2.45, 2.75) is 0 Å². The molecule has 0 aliphatic carbocycles. The Balaban J connectivity index is 2.24. The number of hydrogen-bond acceptors (Lipinski definition) is 4. The minimum absolute atomic E-state index is 0.597. The predicted octanol–water partition coefficient (Wildman–Crippen LogP) is 1.69. The van der Waals surface area contributed by atoms with E-state index in [-0.39, 0.29) is 0 Å². The van der Waals surface area contributed by atoms with Crippen LogP contribution < -0.4 is 0 Å². The van der Waals surface area contributed by atoms with Crippen LogP contribution in [0.2, 0.25) is 0 Å². The lowest BCUT2D eigenvalue weighted by Gasteiger charge is -2.02. The second-order valence-electron chi connectivity index (χ2n) is 3.52. The van der Waals surface area contributed by atoms with Gasteiger partial charge in [-0.25, -0.2) is 14.6 Å². The molecule has 0 bridgehead atoms. The molecule has 0 aliphatic rings. The van der Waals surface area contributed by atoms with Gasteiger partial charge in [0.2, 0.25) is 0 Å². The lowest BCUT2D eigenvalue weighted by Crippen LogP contribution is -1.97. The van der Waals surface area contributed by atoms with E-state index in [0.29, 0.717) is 5.56 Å². The van der Waals surface area contributed by atoms with E-state index < -0.39 is 0 Å². The molecule has 5 nitrogen and oxygen atoms in total. The van der Waals surface area contributed by atoms with E-state index in [2.05, 4.69) is 21.1 Å². The zero-order valence-corrected chi connectivity index (χ0v) is 8.78. The highest BCUT2D eigenvalue weighted by Crippen LogP contribution is 2.15. The van der Waals surface area contributed by atoms with E-state index in [1.165, 1.54) is 6.33 Å². The van der Waals surface area contributed by atoms with Crippen molar-refractivity contribution in [3.8, 4) is 11.8 Å². The van der Waals surface area contributed by atoms with Crippen LogP contribution in [0.4, 0.5) is 0 Å². The van der Waals surface area contributed by atoms with Crippen molar-refractivity contribution in [2.24, 2.45) is 0 Å². The van der Waals surface area contributed by atoms with Gasteiger partial charge in [0.1, 0.15) is 6.33 Å². The molecule has 0 atom stereocenters. The molecular weight excluding hydrogens is 214 g/mol. The number of aromatic nitrogens is 4. The first-order valence-electron chi connectivity index (χ1n) is 5.03. The van der Waals surface area contributed by atoms with E-state index in [4.69, 9.17) is 5.26 Å². The molecule has 0 spiro atoms. The van der Waals surface area contributed by atoms with Gasteiger partial charge in [0, 0.05) is 6.20 Å². The second-order valence-corrected chi connectivity index (χ2v) is 3.52. The molecule has 0 N–H and O–H groups in total. The molecule has 0 saturated carbocycles. The maximum atomic E-state index is 8.87. The fourth-order valence-electron chi connectivity index (χ4n) is 1.67. The molecule has 0 radical (unpaired) electrons. The van der Waals surface area contributed by atoms with Crippen molar-refractivity contribution in [2.75, 3.05) is 0 Å². The fraction of sp³-hybridized carbons (Fsp3) is 0. The minimum Gasteiger partial charge on any atom is -0.244 e. The Bertz CT molecular complexity index is 723. The highest BCUT2D eigenvalue weighted by molar-refractivity contribution is 5.74. The smallest absolute Gasteiger partial charge is 0.166 e.